The van der Waals surface area contributed by atoms with Crippen LogP contribution < -0.4 is 20.7 Å². The third-order valence-electron chi connectivity index (χ3n) is 3.31. The Balaban J connectivity index is 1.42. The van der Waals surface area contributed by atoms with E-state index in [0.717, 1.165) is 11.4 Å². The van der Waals surface area contributed by atoms with Gasteiger partial charge in [0.05, 0.1) is 25.7 Å². The van der Waals surface area contributed by atoms with Gasteiger partial charge in [0.1, 0.15) is 11.5 Å². The fourth-order valence-electron chi connectivity index (χ4n) is 2.06. The van der Waals surface area contributed by atoms with Gasteiger partial charge >= 0.3 is 6.03 Å². The lowest BCUT2D eigenvalue weighted by Gasteiger charge is -2.04. The van der Waals surface area contributed by atoms with E-state index in [4.69, 9.17) is 9.15 Å². The molecule has 11 heteroatoms. The van der Waals surface area contributed by atoms with E-state index >= 15 is 0 Å². The summed E-state index contributed by atoms with van der Waals surface area (Å²) in [5.41, 5.74) is 0.818. The van der Waals surface area contributed by atoms with Crippen molar-refractivity contribution in [2.75, 3.05) is 18.2 Å². The number of thioether (sulfide) groups is 1. The van der Waals surface area contributed by atoms with Crippen molar-refractivity contribution < 1.29 is 18.7 Å². The summed E-state index contributed by atoms with van der Waals surface area (Å²) < 4.78 is 10.9. The molecule has 146 valence electrons. The molecule has 0 bridgehead atoms. The first-order chi connectivity index (χ1) is 13.6. The molecular formula is C17H17N5O4S2. The fraction of sp³-hybridized carbons (Fsp3) is 0.176. The van der Waals surface area contributed by atoms with Crippen molar-refractivity contribution in [1.29, 1.82) is 0 Å². The average molecular weight is 419 g/mol. The second-order valence-electron chi connectivity index (χ2n) is 5.33. The molecule has 3 aromatic rings. The topological polar surface area (TPSA) is 118 Å². The summed E-state index contributed by atoms with van der Waals surface area (Å²) >= 11 is 2.50. The highest BCUT2D eigenvalue weighted by Gasteiger charge is 2.11. The second-order valence-corrected chi connectivity index (χ2v) is 7.53. The van der Waals surface area contributed by atoms with Gasteiger partial charge in [0, 0.05) is 11.8 Å². The number of carbonyl (C=O) groups excluding carboxylic acids is 2. The molecule has 0 aliphatic heterocycles. The minimum Gasteiger partial charge on any atom is -0.497 e. The third-order valence-corrected chi connectivity index (χ3v) is 5.28. The number of methoxy groups -OCH3 is 1. The van der Waals surface area contributed by atoms with Gasteiger partial charge in [0.25, 0.3) is 0 Å². The normalized spacial score (nSPS) is 10.3. The molecule has 2 aromatic heterocycles. The van der Waals surface area contributed by atoms with E-state index in [0.29, 0.717) is 15.2 Å². The SMILES string of the molecule is COc1cccc(Nc2nnc(SCC(=O)NC(=O)NCc3ccco3)s2)c1. The summed E-state index contributed by atoms with van der Waals surface area (Å²) in [6, 6.07) is 10.3. The zero-order chi connectivity index (χ0) is 19.8. The minimum absolute atomic E-state index is 0.0436. The molecule has 0 saturated carbocycles. The Morgan fingerprint density at radius 1 is 1.25 bits per heavy atom. The lowest BCUT2D eigenvalue weighted by molar-refractivity contribution is -0.117. The molecule has 0 aliphatic carbocycles. The maximum Gasteiger partial charge on any atom is 0.321 e. The monoisotopic (exact) mass is 419 g/mol. The Bertz CT molecular complexity index is 929. The van der Waals surface area contributed by atoms with Crippen molar-refractivity contribution in [3.8, 4) is 5.75 Å². The number of hydrogen-bond donors (Lipinski definition) is 3. The first-order valence-corrected chi connectivity index (χ1v) is 9.90. The molecule has 0 radical (unpaired) electrons. The number of hydrogen-bond acceptors (Lipinski definition) is 9. The standard InChI is InChI=1S/C17H17N5O4S2/c1-25-12-5-2-4-11(8-12)19-16-21-22-17(28-16)27-10-14(23)20-15(24)18-9-13-6-3-7-26-13/h2-8H,9-10H2,1H3,(H,19,21)(H2,18,20,23,24). The number of anilines is 2. The Labute approximate surface area is 168 Å². The van der Waals surface area contributed by atoms with Gasteiger partial charge in [-0.05, 0) is 24.3 Å². The molecule has 0 unspecified atom stereocenters. The summed E-state index contributed by atoms with van der Waals surface area (Å²) in [6.45, 7) is 0.203. The van der Waals surface area contributed by atoms with E-state index in [9.17, 15) is 9.59 Å². The molecule has 1 aromatic carbocycles. The number of nitrogens with zero attached hydrogens (tertiary/aromatic N) is 2. The predicted octanol–water partition coefficient (Wildman–Crippen LogP) is 3.00. The Morgan fingerprint density at radius 3 is 2.93 bits per heavy atom. The van der Waals surface area contributed by atoms with Crippen LogP contribution in [-0.2, 0) is 11.3 Å². The molecule has 3 amide bonds. The third kappa shape index (κ3) is 5.99. The van der Waals surface area contributed by atoms with E-state index in [-0.39, 0.29) is 12.3 Å². The van der Waals surface area contributed by atoms with Crippen molar-refractivity contribution >= 4 is 45.9 Å². The molecule has 2 heterocycles. The van der Waals surface area contributed by atoms with E-state index < -0.39 is 11.9 Å². The summed E-state index contributed by atoms with van der Waals surface area (Å²) in [4.78, 5) is 23.5. The quantitative estimate of drug-likeness (QED) is 0.477. The van der Waals surface area contributed by atoms with Crippen LogP contribution >= 0.6 is 23.1 Å². The minimum atomic E-state index is -0.584. The Morgan fingerprint density at radius 2 is 2.14 bits per heavy atom. The summed E-state index contributed by atoms with van der Waals surface area (Å²) in [5.74, 6) is 0.939. The predicted molar refractivity (Wildman–Crippen MR) is 106 cm³/mol. The van der Waals surface area contributed by atoms with Gasteiger partial charge in [0.15, 0.2) is 4.34 Å². The molecule has 9 nitrogen and oxygen atoms in total. The molecule has 3 rings (SSSR count). The number of urea groups is 1. The van der Waals surface area contributed by atoms with Gasteiger partial charge in [-0.25, -0.2) is 4.79 Å². The van der Waals surface area contributed by atoms with Crippen LogP contribution in [0, 0.1) is 0 Å². The zero-order valence-corrected chi connectivity index (χ0v) is 16.4. The maximum atomic E-state index is 11.9. The number of nitrogens with one attached hydrogen (secondary N) is 3. The van der Waals surface area contributed by atoms with Crippen LogP contribution in [0.2, 0.25) is 0 Å². The molecule has 0 saturated heterocycles. The van der Waals surface area contributed by atoms with Crippen molar-refractivity contribution in [2.45, 2.75) is 10.9 Å². The lowest BCUT2D eigenvalue weighted by Crippen LogP contribution is -2.39. The van der Waals surface area contributed by atoms with Crippen molar-refractivity contribution in [3.63, 3.8) is 0 Å². The number of carbonyl (C=O) groups is 2. The van der Waals surface area contributed by atoms with Gasteiger partial charge in [0.2, 0.25) is 11.0 Å². The fourth-order valence-corrected chi connectivity index (χ4v) is 3.63. The summed E-state index contributed by atoms with van der Waals surface area (Å²) in [5, 5.41) is 16.6. The van der Waals surface area contributed by atoms with Crippen LogP contribution in [-0.4, -0.2) is 35.0 Å². The van der Waals surface area contributed by atoms with E-state index in [1.165, 1.54) is 29.4 Å². The Kier molecular flexibility index (Phi) is 6.87. The molecule has 3 N–H and O–H groups in total. The van der Waals surface area contributed by atoms with E-state index in [1.54, 1.807) is 19.2 Å². The van der Waals surface area contributed by atoms with Crippen LogP contribution in [0.25, 0.3) is 0 Å². The number of ether oxygens (including phenoxy) is 1. The van der Waals surface area contributed by atoms with Gasteiger partial charge in [-0.3, -0.25) is 10.1 Å². The summed E-state index contributed by atoms with van der Waals surface area (Å²) in [6.07, 6.45) is 1.51. The summed E-state index contributed by atoms with van der Waals surface area (Å²) in [7, 11) is 1.60. The number of furan rings is 1. The number of aromatic nitrogens is 2. The second kappa shape index (κ2) is 9.76. The van der Waals surface area contributed by atoms with Crippen molar-refractivity contribution in [3.05, 3.63) is 48.4 Å². The first kappa shape index (κ1) is 19.7. The highest BCUT2D eigenvalue weighted by atomic mass is 32.2. The van der Waals surface area contributed by atoms with E-state index in [1.807, 2.05) is 24.3 Å². The maximum absolute atomic E-state index is 11.9. The lowest BCUT2D eigenvalue weighted by atomic mass is 10.3. The zero-order valence-electron chi connectivity index (χ0n) is 14.8. The molecule has 0 atom stereocenters. The molecule has 0 aliphatic rings. The van der Waals surface area contributed by atoms with Crippen LogP contribution in [0.1, 0.15) is 5.76 Å². The number of benzene rings is 1. The highest BCUT2D eigenvalue weighted by Crippen LogP contribution is 2.28. The van der Waals surface area contributed by atoms with E-state index in [2.05, 4.69) is 26.1 Å². The van der Waals surface area contributed by atoms with Crippen molar-refractivity contribution in [2.24, 2.45) is 0 Å². The van der Waals surface area contributed by atoms with Crippen LogP contribution in [0.5, 0.6) is 5.75 Å². The van der Waals surface area contributed by atoms with Gasteiger partial charge < -0.3 is 19.8 Å². The number of rotatable bonds is 8. The van der Waals surface area contributed by atoms with Gasteiger partial charge in [-0.2, -0.15) is 0 Å². The highest BCUT2D eigenvalue weighted by molar-refractivity contribution is 8.01. The van der Waals surface area contributed by atoms with Crippen LogP contribution in [0.3, 0.4) is 0 Å². The Hall–Kier alpha value is -3.05. The first-order valence-electron chi connectivity index (χ1n) is 8.10. The van der Waals surface area contributed by atoms with Gasteiger partial charge in [-0.1, -0.05) is 29.2 Å². The number of amides is 3. The molecular weight excluding hydrogens is 402 g/mol. The molecule has 0 fully saturated rings. The number of imide groups is 1. The molecule has 0 spiro atoms. The smallest absolute Gasteiger partial charge is 0.321 e. The van der Waals surface area contributed by atoms with Crippen molar-refractivity contribution in [1.82, 2.24) is 20.8 Å². The van der Waals surface area contributed by atoms with Crippen LogP contribution in [0.4, 0.5) is 15.6 Å². The molecule has 28 heavy (non-hydrogen) atoms. The van der Waals surface area contributed by atoms with Crippen LogP contribution in [0.15, 0.2) is 51.4 Å². The largest absolute Gasteiger partial charge is 0.497 e. The average Bonchev–Trinajstić information content (AvgIpc) is 3.37. The van der Waals surface area contributed by atoms with Gasteiger partial charge in [-0.15, -0.1) is 10.2 Å².